The molecule has 1 saturated heterocycles. The van der Waals surface area contributed by atoms with Gasteiger partial charge in [0.1, 0.15) is 12.4 Å². The third kappa shape index (κ3) is 5.22. The third-order valence-electron chi connectivity index (χ3n) is 4.13. The Bertz CT molecular complexity index is 470. The van der Waals surface area contributed by atoms with Gasteiger partial charge in [-0.15, -0.1) is 0 Å². The van der Waals surface area contributed by atoms with Crippen LogP contribution in [0.3, 0.4) is 0 Å². The maximum atomic E-state index is 12.9. The second-order valence-corrected chi connectivity index (χ2v) is 5.85. The highest BCUT2D eigenvalue weighted by molar-refractivity contribution is 5.94. The van der Waals surface area contributed by atoms with Crippen LogP contribution in [0.1, 0.15) is 36.5 Å². The van der Waals surface area contributed by atoms with Crippen LogP contribution in [0.4, 0.5) is 0 Å². The van der Waals surface area contributed by atoms with Gasteiger partial charge in [0.15, 0.2) is 0 Å². The number of carbonyl (C=O) groups is 1. The molecule has 1 heterocycles. The average Bonchev–Trinajstić information content (AvgIpc) is 2.61. The lowest BCUT2D eigenvalue weighted by Gasteiger charge is -2.34. The molecule has 1 aromatic rings. The lowest BCUT2D eigenvalue weighted by molar-refractivity contribution is 0.0642. The Hall–Kier alpha value is -1.59. The molecule has 0 radical (unpaired) electrons. The highest BCUT2D eigenvalue weighted by atomic mass is 16.5. The number of rotatable bonds is 8. The first-order valence-electron chi connectivity index (χ1n) is 8.49. The number of ether oxygens (including phenoxy) is 2. The molecule has 2 rings (SSSR count). The molecule has 1 fully saturated rings. The Kier molecular flexibility index (Phi) is 7.36. The molecule has 23 heavy (non-hydrogen) atoms. The van der Waals surface area contributed by atoms with Crippen molar-refractivity contribution in [1.29, 1.82) is 0 Å². The molecule has 1 aromatic carbocycles. The van der Waals surface area contributed by atoms with Gasteiger partial charge in [0.05, 0.1) is 6.61 Å². The van der Waals surface area contributed by atoms with Gasteiger partial charge < -0.3 is 19.7 Å². The van der Waals surface area contributed by atoms with Crippen molar-refractivity contribution in [3.8, 4) is 5.75 Å². The van der Waals surface area contributed by atoms with Crippen molar-refractivity contribution < 1.29 is 14.3 Å². The Morgan fingerprint density at radius 2 is 1.91 bits per heavy atom. The quantitative estimate of drug-likeness (QED) is 0.747. The number of hydrogen-bond donors (Lipinski definition) is 1. The normalized spacial score (nSPS) is 15.4. The van der Waals surface area contributed by atoms with Crippen LogP contribution < -0.4 is 10.1 Å². The molecule has 5 heteroatoms. The van der Waals surface area contributed by atoms with Gasteiger partial charge in [-0.25, -0.2) is 0 Å². The van der Waals surface area contributed by atoms with Gasteiger partial charge in [0.25, 0.3) is 5.91 Å². The monoisotopic (exact) mass is 320 g/mol. The third-order valence-corrected chi connectivity index (χ3v) is 4.13. The molecule has 0 saturated carbocycles. The Labute approximate surface area is 139 Å². The van der Waals surface area contributed by atoms with E-state index in [-0.39, 0.29) is 5.91 Å². The van der Waals surface area contributed by atoms with Crippen LogP contribution >= 0.6 is 0 Å². The number of methoxy groups -OCH3 is 1. The van der Waals surface area contributed by atoms with Gasteiger partial charge in [-0.1, -0.05) is 6.92 Å². The summed E-state index contributed by atoms with van der Waals surface area (Å²) in [5, 5.41) is 3.36. The van der Waals surface area contributed by atoms with Gasteiger partial charge >= 0.3 is 0 Å². The van der Waals surface area contributed by atoms with E-state index in [9.17, 15) is 4.79 Å². The molecule has 0 spiro atoms. The van der Waals surface area contributed by atoms with Crippen LogP contribution in [0, 0.1) is 0 Å². The SMILES string of the molecule is CCCN(C(=O)c1ccc(OCCOC)cc1)C1CCNCC1. The van der Waals surface area contributed by atoms with Crippen molar-refractivity contribution in [3.63, 3.8) is 0 Å². The number of nitrogens with one attached hydrogen (secondary N) is 1. The lowest BCUT2D eigenvalue weighted by Crippen LogP contribution is -2.46. The Balaban J connectivity index is 2.00. The fourth-order valence-electron chi connectivity index (χ4n) is 2.91. The van der Waals surface area contributed by atoms with Crippen molar-refractivity contribution in [2.24, 2.45) is 0 Å². The molecule has 1 aliphatic rings. The highest BCUT2D eigenvalue weighted by Gasteiger charge is 2.25. The van der Waals surface area contributed by atoms with E-state index in [1.165, 1.54) is 0 Å². The maximum Gasteiger partial charge on any atom is 0.254 e. The van der Waals surface area contributed by atoms with E-state index in [1.807, 2.05) is 29.2 Å². The van der Waals surface area contributed by atoms with Gasteiger partial charge in [-0.2, -0.15) is 0 Å². The Morgan fingerprint density at radius 3 is 2.52 bits per heavy atom. The maximum absolute atomic E-state index is 12.9. The zero-order valence-electron chi connectivity index (χ0n) is 14.2. The molecule has 0 unspecified atom stereocenters. The van der Waals surface area contributed by atoms with Crippen molar-refractivity contribution in [3.05, 3.63) is 29.8 Å². The van der Waals surface area contributed by atoms with Gasteiger partial charge in [0, 0.05) is 25.3 Å². The fourth-order valence-corrected chi connectivity index (χ4v) is 2.91. The minimum Gasteiger partial charge on any atom is -0.491 e. The van der Waals surface area contributed by atoms with Crippen molar-refractivity contribution in [2.45, 2.75) is 32.2 Å². The molecule has 1 amide bonds. The largest absolute Gasteiger partial charge is 0.491 e. The molecular formula is C18H28N2O3. The van der Waals surface area contributed by atoms with Crippen molar-refractivity contribution >= 4 is 5.91 Å². The van der Waals surface area contributed by atoms with Crippen LogP contribution in [0.5, 0.6) is 5.75 Å². The van der Waals surface area contributed by atoms with Gasteiger partial charge in [-0.05, 0) is 56.6 Å². The molecule has 0 aromatic heterocycles. The van der Waals surface area contributed by atoms with E-state index in [0.29, 0.717) is 19.3 Å². The summed E-state index contributed by atoms with van der Waals surface area (Å²) < 4.78 is 10.5. The molecule has 1 aliphatic heterocycles. The minimum atomic E-state index is 0.127. The molecule has 0 bridgehead atoms. The first-order valence-corrected chi connectivity index (χ1v) is 8.49. The van der Waals surface area contributed by atoms with Gasteiger partial charge in [0.2, 0.25) is 0 Å². The number of benzene rings is 1. The molecule has 128 valence electrons. The summed E-state index contributed by atoms with van der Waals surface area (Å²) in [4.78, 5) is 14.9. The zero-order chi connectivity index (χ0) is 16.5. The predicted molar refractivity (Wildman–Crippen MR) is 91.0 cm³/mol. The minimum absolute atomic E-state index is 0.127. The van der Waals surface area contributed by atoms with Crippen molar-refractivity contribution in [2.75, 3.05) is 40.0 Å². The molecular weight excluding hydrogens is 292 g/mol. The average molecular weight is 320 g/mol. The number of piperidine rings is 1. The smallest absolute Gasteiger partial charge is 0.254 e. The second kappa shape index (κ2) is 9.53. The highest BCUT2D eigenvalue weighted by Crippen LogP contribution is 2.18. The topological polar surface area (TPSA) is 50.8 Å². The summed E-state index contributed by atoms with van der Waals surface area (Å²) in [6.07, 6.45) is 3.04. The summed E-state index contributed by atoms with van der Waals surface area (Å²) in [5.41, 5.74) is 0.732. The van der Waals surface area contributed by atoms with Gasteiger partial charge in [-0.3, -0.25) is 4.79 Å². The molecule has 0 aliphatic carbocycles. The van der Waals surface area contributed by atoms with E-state index < -0.39 is 0 Å². The van der Waals surface area contributed by atoms with E-state index >= 15 is 0 Å². The van der Waals surface area contributed by atoms with Crippen LogP contribution in [0.2, 0.25) is 0 Å². The summed E-state index contributed by atoms with van der Waals surface area (Å²) in [5.74, 6) is 0.893. The van der Waals surface area contributed by atoms with E-state index in [1.54, 1.807) is 7.11 Å². The zero-order valence-corrected chi connectivity index (χ0v) is 14.2. The standard InChI is InChI=1S/C18H28N2O3/c1-3-12-20(16-8-10-19-11-9-16)18(21)15-4-6-17(7-5-15)23-14-13-22-2/h4-7,16,19H,3,8-14H2,1-2H3. The number of carbonyl (C=O) groups excluding carboxylic acids is 1. The first kappa shape index (κ1) is 17.8. The van der Waals surface area contributed by atoms with E-state index in [4.69, 9.17) is 9.47 Å². The summed E-state index contributed by atoms with van der Waals surface area (Å²) in [6.45, 7) is 5.99. The van der Waals surface area contributed by atoms with E-state index in [0.717, 1.165) is 50.2 Å². The van der Waals surface area contributed by atoms with Crippen LogP contribution in [-0.4, -0.2) is 56.8 Å². The number of hydrogen-bond acceptors (Lipinski definition) is 4. The molecule has 0 atom stereocenters. The van der Waals surface area contributed by atoms with Crippen molar-refractivity contribution in [1.82, 2.24) is 10.2 Å². The van der Waals surface area contributed by atoms with Crippen LogP contribution in [-0.2, 0) is 4.74 Å². The van der Waals surface area contributed by atoms with E-state index in [2.05, 4.69) is 12.2 Å². The fraction of sp³-hybridized carbons (Fsp3) is 0.611. The Morgan fingerprint density at radius 1 is 1.22 bits per heavy atom. The second-order valence-electron chi connectivity index (χ2n) is 5.85. The predicted octanol–water partition coefficient (Wildman–Crippen LogP) is 2.32. The van der Waals surface area contributed by atoms with Crippen LogP contribution in [0.25, 0.3) is 0 Å². The molecule has 5 nitrogen and oxygen atoms in total. The first-order chi connectivity index (χ1) is 11.3. The number of amides is 1. The summed E-state index contributed by atoms with van der Waals surface area (Å²) in [6, 6.07) is 7.77. The molecule has 1 N–H and O–H groups in total. The lowest BCUT2D eigenvalue weighted by atomic mass is 10.0. The summed E-state index contributed by atoms with van der Waals surface area (Å²) >= 11 is 0. The summed E-state index contributed by atoms with van der Waals surface area (Å²) in [7, 11) is 1.65. The van der Waals surface area contributed by atoms with Crippen LogP contribution in [0.15, 0.2) is 24.3 Å². The number of nitrogens with zero attached hydrogens (tertiary/aromatic N) is 1.